The van der Waals surface area contributed by atoms with Gasteiger partial charge in [0.1, 0.15) is 6.07 Å². The number of aromatic nitrogens is 1. The van der Waals surface area contributed by atoms with Crippen molar-refractivity contribution in [1.82, 2.24) is 4.98 Å². The second-order valence-electron chi connectivity index (χ2n) is 3.50. The summed E-state index contributed by atoms with van der Waals surface area (Å²) in [6.07, 6.45) is 1.86. The van der Waals surface area contributed by atoms with Crippen LogP contribution in [0.5, 0.6) is 0 Å². The zero-order chi connectivity index (χ0) is 12.3. The number of hydrogen-bond donors (Lipinski definition) is 1. The number of thiazole rings is 1. The number of halogens is 1. The summed E-state index contributed by atoms with van der Waals surface area (Å²) in [6.45, 7) is 2.67. The maximum absolute atomic E-state index is 9.00. The van der Waals surface area contributed by atoms with Gasteiger partial charge in [-0.3, -0.25) is 0 Å². The Morgan fingerprint density at radius 3 is 3.00 bits per heavy atom. The highest BCUT2D eigenvalue weighted by atomic mass is 79.9. The Hall–Kier alpha value is -1.38. The molecule has 5 heteroatoms. The summed E-state index contributed by atoms with van der Waals surface area (Å²) in [6, 6.07) is 7.74. The van der Waals surface area contributed by atoms with Crippen LogP contribution in [0.3, 0.4) is 0 Å². The zero-order valence-electron chi connectivity index (χ0n) is 9.20. The highest BCUT2D eigenvalue weighted by Gasteiger charge is 2.03. The molecule has 2 rings (SSSR count). The molecular formula is C12H10BrN3S. The van der Waals surface area contributed by atoms with Crippen LogP contribution in [0.4, 0.5) is 5.69 Å². The van der Waals surface area contributed by atoms with Crippen LogP contribution < -0.4 is 5.32 Å². The lowest BCUT2D eigenvalue weighted by atomic mass is 10.2. The van der Waals surface area contributed by atoms with Gasteiger partial charge in [0.25, 0.3) is 0 Å². The van der Waals surface area contributed by atoms with E-state index >= 15 is 0 Å². The minimum Gasteiger partial charge on any atom is -0.379 e. The van der Waals surface area contributed by atoms with Crippen LogP contribution in [-0.4, -0.2) is 4.98 Å². The van der Waals surface area contributed by atoms with Crippen LogP contribution in [0.2, 0.25) is 0 Å². The van der Waals surface area contributed by atoms with Crippen LogP contribution in [0, 0.1) is 18.3 Å². The maximum atomic E-state index is 9.00. The van der Waals surface area contributed by atoms with Crippen LogP contribution in [-0.2, 0) is 6.54 Å². The molecule has 2 aromatic rings. The van der Waals surface area contributed by atoms with Crippen molar-refractivity contribution in [3.8, 4) is 6.07 Å². The van der Waals surface area contributed by atoms with Crippen LogP contribution in [0.25, 0.3) is 0 Å². The molecule has 1 aromatic heterocycles. The molecule has 0 aliphatic carbocycles. The topological polar surface area (TPSA) is 48.7 Å². The van der Waals surface area contributed by atoms with E-state index in [1.54, 1.807) is 17.4 Å². The number of rotatable bonds is 3. The van der Waals surface area contributed by atoms with E-state index in [1.807, 2.05) is 25.3 Å². The van der Waals surface area contributed by atoms with E-state index in [-0.39, 0.29) is 0 Å². The van der Waals surface area contributed by atoms with Gasteiger partial charge in [-0.05, 0) is 25.1 Å². The first kappa shape index (κ1) is 12.1. The molecule has 1 N–H and O–H groups in total. The van der Waals surface area contributed by atoms with Gasteiger partial charge in [0.05, 0.1) is 22.8 Å². The molecule has 0 saturated carbocycles. The van der Waals surface area contributed by atoms with Gasteiger partial charge in [-0.2, -0.15) is 5.26 Å². The third kappa shape index (κ3) is 3.05. The number of nitriles is 1. The third-order valence-corrected chi connectivity index (χ3v) is 3.63. The van der Waals surface area contributed by atoms with Crippen LogP contribution in [0.1, 0.15) is 15.4 Å². The first-order valence-electron chi connectivity index (χ1n) is 5.04. The summed E-state index contributed by atoms with van der Waals surface area (Å²) in [5.41, 5.74) is 1.49. The minimum atomic E-state index is 0.648. The Bertz CT molecular complexity index is 571. The molecular weight excluding hydrogens is 298 g/mol. The molecule has 0 fully saturated rings. The fraction of sp³-hybridized carbons (Fsp3) is 0.167. The summed E-state index contributed by atoms with van der Waals surface area (Å²) in [4.78, 5) is 5.35. The maximum Gasteiger partial charge on any atom is 0.101 e. The Kier molecular flexibility index (Phi) is 3.77. The van der Waals surface area contributed by atoms with Gasteiger partial charge in [-0.15, -0.1) is 11.3 Å². The molecule has 0 saturated heterocycles. The van der Waals surface area contributed by atoms with Gasteiger partial charge < -0.3 is 5.32 Å². The lowest BCUT2D eigenvalue weighted by Crippen LogP contribution is -1.99. The van der Waals surface area contributed by atoms with E-state index in [0.717, 1.165) is 20.0 Å². The first-order chi connectivity index (χ1) is 8.19. The third-order valence-electron chi connectivity index (χ3n) is 2.22. The molecule has 0 bridgehead atoms. The fourth-order valence-corrected chi connectivity index (χ4v) is 2.53. The molecule has 1 heterocycles. The first-order valence-corrected chi connectivity index (χ1v) is 6.65. The van der Waals surface area contributed by atoms with Crippen molar-refractivity contribution >= 4 is 33.0 Å². The highest BCUT2D eigenvalue weighted by Crippen LogP contribution is 2.22. The standard InChI is InChI=1S/C12H10BrN3S/c1-8-15-6-11(17-8)7-16-12-4-10(13)3-2-9(12)5-14/h2-4,6,16H,7H2,1H3. The fourth-order valence-electron chi connectivity index (χ4n) is 1.43. The van der Waals surface area contributed by atoms with Crippen molar-refractivity contribution in [2.45, 2.75) is 13.5 Å². The Balaban J connectivity index is 2.13. The van der Waals surface area contributed by atoms with Gasteiger partial charge in [0.15, 0.2) is 0 Å². The zero-order valence-corrected chi connectivity index (χ0v) is 11.6. The van der Waals surface area contributed by atoms with Crippen molar-refractivity contribution in [3.05, 3.63) is 44.3 Å². The van der Waals surface area contributed by atoms with Crippen molar-refractivity contribution < 1.29 is 0 Å². The molecule has 86 valence electrons. The summed E-state index contributed by atoms with van der Waals surface area (Å²) in [5.74, 6) is 0. The van der Waals surface area contributed by atoms with Crippen molar-refractivity contribution in [2.75, 3.05) is 5.32 Å². The lowest BCUT2D eigenvalue weighted by molar-refractivity contribution is 1.16. The Labute approximate surface area is 112 Å². The molecule has 0 radical (unpaired) electrons. The van der Waals surface area contributed by atoms with Crippen LogP contribution >= 0.6 is 27.3 Å². The monoisotopic (exact) mass is 307 g/mol. The normalized spacial score (nSPS) is 9.94. The second kappa shape index (κ2) is 5.30. The van der Waals surface area contributed by atoms with E-state index in [9.17, 15) is 0 Å². The molecule has 0 unspecified atom stereocenters. The number of aryl methyl sites for hydroxylation is 1. The highest BCUT2D eigenvalue weighted by molar-refractivity contribution is 9.10. The number of nitrogens with one attached hydrogen (secondary N) is 1. The predicted octanol–water partition coefficient (Wildman–Crippen LogP) is 3.70. The quantitative estimate of drug-likeness (QED) is 0.940. The average molecular weight is 308 g/mol. The summed E-state index contributed by atoms with van der Waals surface area (Å²) in [7, 11) is 0. The van der Waals surface area contributed by atoms with Gasteiger partial charge in [-0.25, -0.2) is 4.98 Å². The molecule has 0 amide bonds. The van der Waals surface area contributed by atoms with E-state index < -0.39 is 0 Å². The molecule has 0 aliphatic heterocycles. The van der Waals surface area contributed by atoms with Crippen molar-refractivity contribution in [3.63, 3.8) is 0 Å². The molecule has 0 aliphatic rings. The van der Waals surface area contributed by atoms with Crippen molar-refractivity contribution in [2.24, 2.45) is 0 Å². The summed E-state index contributed by atoms with van der Waals surface area (Å²) in [5, 5.41) is 13.3. The van der Waals surface area contributed by atoms with E-state index in [2.05, 4.69) is 32.3 Å². The SMILES string of the molecule is Cc1ncc(CNc2cc(Br)ccc2C#N)s1. The van der Waals surface area contributed by atoms with Crippen molar-refractivity contribution in [1.29, 1.82) is 5.26 Å². The van der Waals surface area contributed by atoms with Gasteiger partial charge >= 0.3 is 0 Å². The number of hydrogen-bond acceptors (Lipinski definition) is 4. The molecule has 1 aromatic carbocycles. The van der Waals surface area contributed by atoms with E-state index in [0.29, 0.717) is 12.1 Å². The smallest absolute Gasteiger partial charge is 0.101 e. The van der Waals surface area contributed by atoms with Crippen LogP contribution in [0.15, 0.2) is 28.9 Å². The molecule has 0 spiro atoms. The minimum absolute atomic E-state index is 0.648. The number of benzene rings is 1. The Morgan fingerprint density at radius 2 is 2.35 bits per heavy atom. The predicted molar refractivity (Wildman–Crippen MR) is 73.0 cm³/mol. The largest absolute Gasteiger partial charge is 0.379 e. The number of anilines is 1. The average Bonchev–Trinajstić information content (AvgIpc) is 2.73. The summed E-state index contributed by atoms with van der Waals surface area (Å²) < 4.78 is 0.958. The van der Waals surface area contributed by atoms with Gasteiger partial charge in [0.2, 0.25) is 0 Å². The van der Waals surface area contributed by atoms with Gasteiger partial charge in [0, 0.05) is 15.5 Å². The summed E-state index contributed by atoms with van der Waals surface area (Å²) >= 11 is 5.05. The number of nitrogens with zero attached hydrogens (tertiary/aromatic N) is 2. The van der Waals surface area contributed by atoms with Gasteiger partial charge in [-0.1, -0.05) is 15.9 Å². The molecule has 0 atom stereocenters. The molecule has 17 heavy (non-hydrogen) atoms. The Morgan fingerprint density at radius 1 is 1.53 bits per heavy atom. The second-order valence-corrected chi connectivity index (χ2v) is 5.74. The van der Waals surface area contributed by atoms with E-state index in [4.69, 9.17) is 5.26 Å². The lowest BCUT2D eigenvalue weighted by Gasteiger charge is -2.07. The molecule has 3 nitrogen and oxygen atoms in total. The van der Waals surface area contributed by atoms with E-state index in [1.165, 1.54) is 0 Å².